The summed E-state index contributed by atoms with van der Waals surface area (Å²) in [6.07, 6.45) is 2.89. The molecule has 1 saturated heterocycles. The number of nitrogens with zero attached hydrogens (tertiary/aromatic N) is 1. The molecule has 2 heterocycles. The number of furan rings is 1. The molecule has 3 rings (SSSR count). The van der Waals surface area contributed by atoms with Gasteiger partial charge in [-0.3, -0.25) is 9.59 Å². The van der Waals surface area contributed by atoms with Crippen molar-refractivity contribution >= 4 is 17.9 Å². The molecule has 1 aromatic carbocycles. The van der Waals surface area contributed by atoms with Crippen LogP contribution in [0, 0.1) is 5.82 Å². The SMILES string of the molecule is O=C(N/C(=C\c1ccc(F)cc1)C(=O)N1CCOCC1)c1ccco1. The summed E-state index contributed by atoms with van der Waals surface area (Å²) in [5, 5.41) is 2.58. The molecule has 2 aromatic rings. The smallest absolute Gasteiger partial charge is 0.291 e. The number of benzene rings is 1. The minimum Gasteiger partial charge on any atom is -0.459 e. The van der Waals surface area contributed by atoms with E-state index in [1.807, 2.05) is 0 Å². The standard InChI is InChI=1S/C18H17FN2O4/c19-14-5-3-13(4-6-14)12-15(18(23)21-7-10-24-11-8-21)20-17(22)16-2-1-9-25-16/h1-6,9,12H,7-8,10-11H2,(H,20,22)/b15-12-. The number of amides is 2. The molecule has 1 aliphatic rings. The lowest BCUT2D eigenvalue weighted by atomic mass is 10.1. The fourth-order valence-electron chi connectivity index (χ4n) is 2.41. The van der Waals surface area contributed by atoms with E-state index in [9.17, 15) is 14.0 Å². The number of carbonyl (C=O) groups excluding carboxylic acids is 2. The first-order valence-corrected chi connectivity index (χ1v) is 7.82. The van der Waals surface area contributed by atoms with Gasteiger partial charge in [0.05, 0.1) is 19.5 Å². The number of carbonyl (C=O) groups is 2. The molecule has 0 aliphatic carbocycles. The molecule has 0 saturated carbocycles. The highest BCUT2D eigenvalue weighted by Gasteiger charge is 2.23. The third-order valence-corrected chi connectivity index (χ3v) is 3.70. The lowest BCUT2D eigenvalue weighted by Crippen LogP contribution is -2.44. The molecule has 6 nitrogen and oxygen atoms in total. The maximum atomic E-state index is 13.1. The first-order chi connectivity index (χ1) is 12.1. The van der Waals surface area contributed by atoms with Crippen molar-refractivity contribution in [2.24, 2.45) is 0 Å². The Balaban J connectivity index is 1.85. The Kier molecular flexibility index (Phi) is 5.25. The van der Waals surface area contributed by atoms with Crippen molar-refractivity contribution < 1.29 is 23.1 Å². The topological polar surface area (TPSA) is 71.8 Å². The van der Waals surface area contributed by atoms with Crippen LogP contribution in [-0.2, 0) is 9.53 Å². The zero-order valence-corrected chi connectivity index (χ0v) is 13.4. The first kappa shape index (κ1) is 16.9. The average Bonchev–Trinajstić information content (AvgIpc) is 3.18. The lowest BCUT2D eigenvalue weighted by molar-refractivity contribution is -0.131. The molecule has 0 unspecified atom stereocenters. The minimum atomic E-state index is -0.528. The summed E-state index contributed by atoms with van der Waals surface area (Å²) in [6, 6.07) is 8.72. The van der Waals surface area contributed by atoms with E-state index in [2.05, 4.69) is 5.32 Å². The third-order valence-electron chi connectivity index (χ3n) is 3.70. The summed E-state index contributed by atoms with van der Waals surface area (Å²) in [5.41, 5.74) is 0.688. The van der Waals surface area contributed by atoms with Crippen LogP contribution in [0.5, 0.6) is 0 Å². The van der Waals surface area contributed by atoms with Gasteiger partial charge in [-0.1, -0.05) is 12.1 Å². The van der Waals surface area contributed by atoms with Gasteiger partial charge in [0, 0.05) is 13.1 Å². The molecular formula is C18H17FN2O4. The third kappa shape index (κ3) is 4.33. The summed E-state index contributed by atoms with van der Waals surface area (Å²) in [5.74, 6) is -1.13. The number of hydrogen-bond acceptors (Lipinski definition) is 4. The normalized spacial score (nSPS) is 15.1. The van der Waals surface area contributed by atoms with Gasteiger partial charge in [0.25, 0.3) is 11.8 Å². The zero-order valence-electron chi connectivity index (χ0n) is 13.4. The Morgan fingerprint density at radius 3 is 2.48 bits per heavy atom. The van der Waals surface area contributed by atoms with Crippen molar-refractivity contribution in [3.8, 4) is 0 Å². The molecule has 0 radical (unpaired) electrons. The number of nitrogens with one attached hydrogen (secondary N) is 1. The molecule has 2 amide bonds. The molecular weight excluding hydrogens is 327 g/mol. The van der Waals surface area contributed by atoms with Crippen molar-refractivity contribution in [1.29, 1.82) is 0 Å². The van der Waals surface area contributed by atoms with Crippen LogP contribution in [0.25, 0.3) is 6.08 Å². The van der Waals surface area contributed by atoms with E-state index < -0.39 is 5.91 Å². The zero-order chi connectivity index (χ0) is 17.6. The van der Waals surface area contributed by atoms with Crippen LogP contribution in [-0.4, -0.2) is 43.0 Å². The molecule has 1 aromatic heterocycles. The van der Waals surface area contributed by atoms with Crippen molar-refractivity contribution in [3.63, 3.8) is 0 Å². The predicted molar refractivity (Wildman–Crippen MR) is 88.0 cm³/mol. The largest absolute Gasteiger partial charge is 0.459 e. The van der Waals surface area contributed by atoms with Gasteiger partial charge in [-0.15, -0.1) is 0 Å². The van der Waals surface area contributed by atoms with Gasteiger partial charge in [0.15, 0.2) is 5.76 Å². The number of hydrogen-bond donors (Lipinski definition) is 1. The van der Waals surface area contributed by atoms with Gasteiger partial charge in [0.2, 0.25) is 0 Å². The van der Waals surface area contributed by atoms with Gasteiger partial charge in [0.1, 0.15) is 11.5 Å². The van der Waals surface area contributed by atoms with Crippen molar-refractivity contribution in [3.05, 3.63) is 65.5 Å². The maximum Gasteiger partial charge on any atom is 0.291 e. The van der Waals surface area contributed by atoms with E-state index in [4.69, 9.17) is 9.15 Å². The first-order valence-electron chi connectivity index (χ1n) is 7.82. The average molecular weight is 344 g/mol. The van der Waals surface area contributed by atoms with Gasteiger partial charge in [-0.25, -0.2) is 4.39 Å². The van der Waals surface area contributed by atoms with E-state index in [1.54, 1.807) is 11.0 Å². The Bertz CT molecular complexity index is 763. The van der Waals surface area contributed by atoms with Crippen molar-refractivity contribution in [2.75, 3.05) is 26.3 Å². The minimum absolute atomic E-state index is 0.0925. The van der Waals surface area contributed by atoms with Crippen LogP contribution in [0.4, 0.5) is 4.39 Å². The quantitative estimate of drug-likeness (QED) is 0.862. The molecule has 7 heteroatoms. The molecule has 0 spiro atoms. The second-order valence-corrected chi connectivity index (χ2v) is 5.45. The fourth-order valence-corrected chi connectivity index (χ4v) is 2.41. The number of ether oxygens (including phenoxy) is 1. The van der Waals surface area contributed by atoms with Crippen LogP contribution in [0.2, 0.25) is 0 Å². The molecule has 1 aliphatic heterocycles. The highest BCUT2D eigenvalue weighted by atomic mass is 19.1. The summed E-state index contributed by atoms with van der Waals surface area (Å²) in [4.78, 5) is 26.6. The monoisotopic (exact) mass is 344 g/mol. The lowest BCUT2D eigenvalue weighted by Gasteiger charge is -2.27. The van der Waals surface area contributed by atoms with Gasteiger partial charge < -0.3 is 19.4 Å². The van der Waals surface area contributed by atoms with Crippen LogP contribution in [0.3, 0.4) is 0 Å². The van der Waals surface area contributed by atoms with Crippen molar-refractivity contribution in [1.82, 2.24) is 10.2 Å². The van der Waals surface area contributed by atoms with E-state index in [0.29, 0.717) is 31.9 Å². The van der Waals surface area contributed by atoms with Crippen LogP contribution in [0.15, 0.2) is 52.8 Å². The van der Waals surface area contributed by atoms with E-state index in [-0.39, 0.29) is 23.2 Å². The second-order valence-electron chi connectivity index (χ2n) is 5.45. The predicted octanol–water partition coefficient (Wildman–Crippen LogP) is 2.05. The van der Waals surface area contributed by atoms with Crippen molar-refractivity contribution in [2.45, 2.75) is 0 Å². The van der Waals surface area contributed by atoms with E-state index in [1.165, 1.54) is 42.7 Å². The molecule has 1 fully saturated rings. The maximum absolute atomic E-state index is 13.1. The van der Waals surface area contributed by atoms with Crippen LogP contribution < -0.4 is 5.32 Å². The Morgan fingerprint density at radius 2 is 1.84 bits per heavy atom. The molecule has 130 valence electrons. The highest BCUT2D eigenvalue weighted by molar-refractivity contribution is 6.04. The highest BCUT2D eigenvalue weighted by Crippen LogP contribution is 2.12. The number of halogens is 1. The van der Waals surface area contributed by atoms with E-state index >= 15 is 0 Å². The number of rotatable bonds is 4. The Morgan fingerprint density at radius 1 is 1.12 bits per heavy atom. The Labute approximate surface area is 143 Å². The Hall–Kier alpha value is -2.93. The summed E-state index contributed by atoms with van der Waals surface area (Å²) in [6.45, 7) is 1.77. The van der Waals surface area contributed by atoms with Gasteiger partial charge in [-0.2, -0.15) is 0 Å². The van der Waals surface area contributed by atoms with Crippen LogP contribution >= 0.6 is 0 Å². The summed E-state index contributed by atoms with van der Waals surface area (Å²) >= 11 is 0. The molecule has 0 bridgehead atoms. The van der Waals surface area contributed by atoms with E-state index in [0.717, 1.165) is 0 Å². The molecule has 1 N–H and O–H groups in total. The van der Waals surface area contributed by atoms with Gasteiger partial charge >= 0.3 is 0 Å². The van der Waals surface area contributed by atoms with Gasteiger partial charge in [-0.05, 0) is 35.9 Å². The van der Waals surface area contributed by atoms with Crippen LogP contribution in [0.1, 0.15) is 16.1 Å². The number of morpholine rings is 1. The summed E-state index contributed by atoms with van der Waals surface area (Å²) in [7, 11) is 0. The second kappa shape index (κ2) is 7.76. The molecule has 0 atom stereocenters. The fraction of sp³-hybridized carbons (Fsp3) is 0.222. The summed E-state index contributed by atoms with van der Waals surface area (Å²) < 4.78 is 23.4. The molecule has 25 heavy (non-hydrogen) atoms.